The summed E-state index contributed by atoms with van der Waals surface area (Å²) in [6, 6.07) is 20.5. The van der Waals surface area contributed by atoms with Crippen molar-refractivity contribution in [3.63, 3.8) is 0 Å². The van der Waals surface area contributed by atoms with Crippen LogP contribution in [0.1, 0.15) is 42.2 Å². The first-order valence-corrected chi connectivity index (χ1v) is 14.1. The van der Waals surface area contributed by atoms with Crippen LogP contribution in [0.15, 0.2) is 91.1 Å². The van der Waals surface area contributed by atoms with Gasteiger partial charge in [0.2, 0.25) is 0 Å². The average molecular weight is 622 g/mol. The van der Waals surface area contributed by atoms with Crippen molar-refractivity contribution in [2.24, 2.45) is 0 Å². The normalized spacial score (nSPS) is 24.4. The lowest BCUT2D eigenvalue weighted by Gasteiger charge is -2.34. The van der Waals surface area contributed by atoms with E-state index in [-0.39, 0.29) is 11.1 Å². The van der Waals surface area contributed by atoms with Gasteiger partial charge in [-0.2, -0.15) is 0 Å². The molecule has 0 bridgehead atoms. The molecule has 228 valence electrons. The van der Waals surface area contributed by atoms with E-state index in [0.717, 1.165) is 16.0 Å². The van der Waals surface area contributed by atoms with E-state index in [2.05, 4.69) is 10.6 Å². The zero-order valence-electron chi connectivity index (χ0n) is 23.7. The van der Waals surface area contributed by atoms with Crippen LogP contribution in [0.3, 0.4) is 0 Å². The highest BCUT2D eigenvalue weighted by atomic mass is 35.5. The Morgan fingerprint density at radius 1 is 0.932 bits per heavy atom. The molecular weight excluding hydrogens is 593 g/mol. The van der Waals surface area contributed by atoms with Gasteiger partial charge >= 0.3 is 18.0 Å². The molecule has 2 heterocycles. The Morgan fingerprint density at radius 2 is 1.52 bits per heavy atom. The summed E-state index contributed by atoms with van der Waals surface area (Å²) in [5.41, 5.74) is 2.59. The fourth-order valence-corrected chi connectivity index (χ4v) is 4.98. The molecule has 5 atom stereocenters. The van der Waals surface area contributed by atoms with Crippen molar-refractivity contribution in [3.05, 3.63) is 119 Å². The number of esters is 2. The predicted octanol–water partition coefficient (Wildman–Crippen LogP) is 4.61. The number of carbonyl (C=O) groups is 4. The predicted molar refractivity (Wildman–Crippen MR) is 157 cm³/mol. The number of halogens is 2. The Balaban J connectivity index is 1.34. The van der Waals surface area contributed by atoms with Gasteiger partial charge in [-0.3, -0.25) is 9.69 Å². The van der Waals surface area contributed by atoms with Crippen LogP contribution in [0, 0.1) is 13.8 Å². The van der Waals surface area contributed by atoms with Crippen molar-refractivity contribution in [3.8, 4) is 0 Å². The molecule has 5 rings (SSSR count). The molecule has 2 aliphatic heterocycles. The largest absolute Gasteiger partial charge is 0.459 e. The highest BCUT2D eigenvalue weighted by molar-refractivity contribution is 6.24. The highest BCUT2D eigenvalue weighted by Gasteiger charge is 2.62. The standard InChI is InChI=1S/C32H29ClFN3O7/c1-19-8-12-22(13-9-19)28(39)42-18-24-26(44-29(40)23-14-10-20(2)11-15-23)32(33,34)30(43-24)37-17-16-25(36-31(37)41)35-27(38)21-6-4-3-5-7-21/h3-17,24-26,30H,18H2,1-2H3,(H,35,38)(H,36,41)/t24-,25?,26+,30+,32+/m0/s1. The monoisotopic (exact) mass is 621 g/mol. The van der Waals surface area contributed by atoms with E-state index in [1.165, 1.54) is 24.4 Å². The van der Waals surface area contributed by atoms with Crippen LogP contribution in [0.2, 0.25) is 0 Å². The summed E-state index contributed by atoms with van der Waals surface area (Å²) >= 11 is 6.37. The number of carbonyl (C=O) groups excluding carboxylic acids is 4. The summed E-state index contributed by atoms with van der Waals surface area (Å²) in [5, 5.41) is 2.20. The van der Waals surface area contributed by atoms with E-state index < -0.39 is 60.2 Å². The summed E-state index contributed by atoms with van der Waals surface area (Å²) < 4.78 is 33.1. The van der Waals surface area contributed by atoms with Crippen molar-refractivity contribution in [2.45, 2.75) is 43.6 Å². The summed E-state index contributed by atoms with van der Waals surface area (Å²) in [6.45, 7) is 3.16. The third-order valence-corrected chi connectivity index (χ3v) is 7.47. The first-order chi connectivity index (χ1) is 21.0. The molecule has 3 aromatic rings. The molecule has 2 aliphatic rings. The van der Waals surface area contributed by atoms with Gasteiger partial charge in [0.15, 0.2) is 12.3 Å². The fourth-order valence-electron chi connectivity index (χ4n) is 4.64. The summed E-state index contributed by atoms with van der Waals surface area (Å²) in [4.78, 5) is 52.1. The number of nitrogens with one attached hydrogen (secondary N) is 2. The molecule has 44 heavy (non-hydrogen) atoms. The molecule has 12 heteroatoms. The SMILES string of the molecule is Cc1ccc(C(=O)OC[C@@H]2O[C@@H](N3C=CC(NC(=O)c4ccccc4)NC3=O)[C@@](F)(Cl)[C@@H]2OC(=O)c2ccc(C)cc2)cc1. The number of benzene rings is 3. The molecule has 3 amide bonds. The van der Waals surface area contributed by atoms with Gasteiger partial charge in [-0.05, 0) is 56.3 Å². The number of nitrogens with zero attached hydrogens (tertiary/aromatic N) is 1. The number of aryl methyl sites for hydroxylation is 2. The molecule has 0 radical (unpaired) electrons. The van der Waals surface area contributed by atoms with Gasteiger partial charge in [0.25, 0.3) is 11.0 Å². The number of urea groups is 1. The number of ether oxygens (including phenoxy) is 3. The van der Waals surface area contributed by atoms with Crippen molar-refractivity contribution in [1.82, 2.24) is 15.5 Å². The van der Waals surface area contributed by atoms with Crippen LogP contribution in [0.5, 0.6) is 0 Å². The van der Waals surface area contributed by atoms with Crippen molar-refractivity contribution >= 4 is 35.5 Å². The number of rotatable bonds is 8. The Morgan fingerprint density at radius 3 is 2.11 bits per heavy atom. The number of hydrogen-bond acceptors (Lipinski definition) is 7. The third kappa shape index (κ3) is 6.74. The van der Waals surface area contributed by atoms with Gasteiger partial charge in [-0.15, -0.1) is 0 Å². The van der Waals surface area contributed by atoms with E-state index >= 15 is 4.39 Å². The lowest BCUT2D eigenvalue weighted by molar-refractivity contribution is -0.0681. The van der Waals surface area contributed by atoms with Crippen molar-refractivity contribution in [1.29, 1.82) is 0 Å². The van der Waals surface area contributed by atoms with E-state index in [9.17, 15) is 19.2 Å². The number of alkyl halides is 2. The number of amides is 3. The molecule has 1 fully saturated rings. The van der Waals surface area contributed by atoms with Crippen molar-refractivity contribution in [2.75, 3.05) is 6.61 Å². The van der Waals surface area contributed by atoms with Crippen LogP contribution in [-0.2, 0) is 14.2 Å². The first-order valence-electron chi connectivity index (χ1n) is 13.7. The molecule has 2 N–H and O–H groups in total. The Labute approximate surface area is 257 Å². The molecule has 1 unspecified atom stereocenters. The molecule has 0 aliphatic carbocycles. The maximum atomic E-state index is 16.4. The molecule has 3 aromatic carbocycles. The second-order valence-corrected chi connectivity index (χ2v) is 11.0. The zero-order valence-corrected chi connectivity index (χ0v) is 24.5. The lowest BCUT2D eigenvalue weighted by Crippen LogP contribution is -2.58. The van der Waals surface area contributed by atoms with Crippen LogP contribution in [0.4, 0.5) is 9.18 Å². The minimum absolute atomic E-state index is 0.134. The van der Waals surface area contributed by atoms with Gasteiger partial charge in [-0.1, -0.05) is 65.2 Å². The van der Waals surface area contributed by atoms with Crippen LogP contribution < -0.4 is 10.6 Å². The van der Waals surface area contributed by atoms with Crippen LogP contribution in [0.25, 0.3) is 0 Å². The number of hydrogen-bond donors (Lipinski definition) is 2. The molecule has 0 spiro atoms. The van der Waals surface area contributed by atoms with E-state index in [0.29, 0.717) is 5.56 Å². The summed E-state index contributed by atoms with van der Waals surface area (Å²) in [5.74, 6) is -2.05. The Hall–Kier alpha value is -4.74. The summed E-state index contributed by atoms with van der Waals surface area (Å²) in [7, 11) is 0. The van der Waals surface area contributed by atoms with E-state index in [1.807, 2.05) is 13.8 Å². The Bertz CT molecular complexity index is 1560. The molecular formula is C32H29ClFN3O7. The maximum absolute atomic E-state index is 16.4. The minimum atomic E-state index is -2.97. The van der Waals surface area contributed by atoms with Crippen LogP contribution in [-0.4, -0.2) is 65.1 Å². The molecule has 10 nitrogen and oxygen atoms in total. The minimum Gasteiger partial charge on any atom is -0.459 e. The third-order valence-electron chi connectivity index (χ3n) is 7.07. The maximum Gasteiger partial charge on any atom is 0.338 e. The van der Waals surface area contributed by atoms with E-state index in [1.54, 1.807) is 66.7 Å². The first kappa shape index (κ1) is 30.7. The molecule has 0 aromatic heterocycles. The smallest absolute Gasteiger partial charge is 0.338 e. The second-order valence-electron chi connectivity index (χ2n) is 10.4. The molecule has 0 saturated carbocycles. The molecule has 1 saturated heterocycles. The van der Waals surface area contributed by atoms with Crippen molar-refractivity contribution < 1.29 is 37.8 Å². The van der Waals surface area contributed by atoms with Gasteiger partial charge < -0.3 is 24.8 Å². The fraction of sp³-hybridized carbons (Fsp3) is 0.250. The topological polar surface area (TPSA) is 123 Å². The van der Waals surface area contributed by atoms with Gasteiger partial charge in [-0.25, -0.2) is 18.8 Å². The average Bonchev–Trinajstić information content (AvgIpc) is 3.25. The highest BCUT2D eigenvalue weighted by Crippen LogP contribution is 2.43. The second kappa shape index (κ2) is 12.9. The van der Waals surface area contributed by atoms with Gasteiger partial charge in [0.1, 0.15) is 18.9 Å². The quantitative estimate of drug-likeness (QED) is 0.278. The van der Waals surface area contributed by atoms with Gasteiger partial charge in [0, 0.05) is 11.8 Å². The van der Waals surface area contributed by atoms with Gasteiger partial charge in [0.05, 0.1) is 11.1 Å². The van der Waals surface area contributed by atoms with E-state index in [4.69, 9.17) is 25.8 Å². The lowest BCUT2D eigenvalue weighted by atomic mass is 10.1. The van der Waals surface area contributed by atoms with Crippen LogP contribution >= 0.6 is 11.6 Å². The Kier molecular flexibility index (Phi) is 8.98. The zero-order chi connectivity index (χ0) is 31.4. The summed E-state index contributed by atoms with van der Waals surface area (Å²) in [6.07, 6.45) is -3.29.